The fraction of sp³-hybridized carbons (Fsp3) is 1.00. The quantitative estimate of drug-likeness (QED) is 0.846. The summed E-state index contributed by atoms with van der Waals surface area (Å²) in [6, 6.07) is 0. The first-order valence-corrected chi connectivity index (χ1v) is 7.71. The maximum atomic E-state index is 3.54. The summed E-state index contributed by atoms with van der Waals surface area (Å²) in [5.41, 5.74) is 0.682. The summed E-state index contributed by atoms with van der Waals surface area (Å²) in [7, 11) is 0. The number of hydrogen-bond donors (Lipinski definition) is 1. The highest BCUT2D eigenvalue weighted by molar-refractivity contribution is 5.85. The van der Waals surface area contributed by atoms with E-state index in [4.69, 9.17) is 0 Å². The normalized spacial score (nSPS) is 28.7. The minimum atomic E-state index is 0. The van der Waals surface area contributed by atoms with Gasteiger partial charge in [-0.15, -0.1) is 12.4 Å². The van der Waals surface area contributed by atoms with Crippen LogP contribution in [0.4, 0.5) is 0 Å². The first kappa shape index (κ1) is 16.3. The van der Waals surface area contributed by atoms with Gasteiger partial charge in [0.05, 0.1) is 0 Å². The van der Waals surface area contributed by atoms with Gasteiger partial charge in [0.25, 0.3) is 0 Å². The minimum Gasteiger partial charge on any atom is -0.316 e. The van der Waals surface area contributed by atoms with Gasteiger partial charge in [-0.3, -0.25) is 0 Å². The minimum absolute atomic E-state index is 0. The molecule has 2 nitrogen and oxygen atoms in total. The number of hydrogen-bond acceptors (Lipinski definition) is 2. The highest BCUT2D eigenvalue weighted by atomic mass is 35.5. The van der Waals surface area contributed by atoms with Gasteiger partial charge < -0.3 is 10.2 Å². The van der Waals surface area contributed by atoms with Crippen LogP contribution in [0.25, 0.3) is 0 Å². The van der Waals surface area contributed by atoms with Crippen molar-refractivity contribution < 1.29 is 0 Å². The third-order valence-electron chi connectivity index (χ3n) is 5.33. The summed E-state index contributed by atoms with van der Waals surface area (Å²) in [5.74, 6) is 0.916. The van der Waals surface area contributed by atoms with Crippen LogP contribution in [0.3, 0.4) is 0 Å². The lowest BCUT2D eigenvalue weighted by Crippen LogP contribution is -2.44. The average molecular weight is 275 g/mol. The standard InChI is InChI=1S/C15H30N2.ClH/c1-3-15(4-2)7-10-17(11-8-15)13-14-6-5-9-16-12-14;/h14,16H,3-13H2,1-2H3;1H. The molecule has 1 atom stereocenters. The summed E-state index contributed by atoms with van der Waals surface area (Å²) in [4.78, 5) is 2.72. The van der Waals surface area contributed by atoms with Crippen molar-refractivity contribution in [3.8, 4) is 0 Å². The van der Waals surface area contributed by atoms with Gasteiger partial charge in [-0.05, 0) is 63.2 Å². The number of nitrogens with one attached hydrogen (secondary N) is 1. The van der Waals surface area contributed by atoms with E-state index in [1.54, 1.807) is 0 Å². The van der Waals surface area contributed by atoms with Gasteiger partial charge in [0.1, 0.15) is 0 Å². The maximum absolute atomic E-state index is 3.54. The van der Waals surface area contributed by atoms with Gasteiger partial charge in [-0.1, -0.05) is 26.7 Å². The summed E-state index contributed by atoms with van der Waals surface area (Å²) in [6.45, 7) is 11.3. The van der Waals surface area contributed by atoms with E-state index < -0.39 is 0 Å². The summed E-state index contributed by atoms with van der Waals surface area (Å²) >= 11 is 0. The van der Waals surface area contributed by atoms with Crippen LogP contribution in [0.5, 0.6) is 0 Å². The monoisotopic (exact) mass is 274 g/mol. The molecule has 18 heavy (non-hydrogen) atoms. The molecule has 0 aromatic heterocycles. The van der Waals surface area contributed by atoms with Crippen LogP contribution in [0.15, 0.2) is 0 Å². The van der Waals surface area contributed by atoms with E-state index in [1.165, 1.54) is 71.2 Å². The van der Waals surface area contributed by atoms with Crippen LogP contribution in [0.1, 0.15) is 52.4 Å². The van der Waals surface area contributed by atoms with Gasteiger partial charge >= 0.3 is 0 Å². The molecule has 2 saturated heterocycles. The molecule has 0 aromatic carbocycles. The number of piperidine rings is 2. The van der Waals surface area contributed by atoms with Gasteiger partial charge in [0.2, 0.25) is 0 Å². The van der Waals surface area contributed by atoms with Gasteiger partial charge in [-0.2, -0.15) is 0 Å². The Kier molecular flexibility index (Phi) is 6.97. The Balaban J connectivity index is 0.00000162. The largest absolute Gasteiger partial charge is 0.316 e. The van der Waals surface area contributed by atoms with Crippen molar-refractivity contribution in [3.05, 3.63) is 0 Å². The Morgan fingerprint density at radius 3 is 2.33 bits per heavy atom. The molecule has 2 heterocycles. The Bertz CT molecular complexity index is 213. The zero-order chi connectivity index (χ0) is 12.1. The second-order valence-electron chi connectivity index (χ2n) is 6.22. The van der Waals surface area contributed by atoms with Gasteiger partial charge in [0.15, 0.2) is 0 Å². The lowest BCUT2D eigenvalue weighted by molar-refractivity contribution is 0.0809. The number of halogens is 1. The third-order valence-corrected chi connectivity index (χ3v) is 5.33. The Labute approximate surface area is 119 Å². The summed E-state index contributed by atoms with van der Waals surface area (Å²) in [6.07, 6.45) is 8.44. The molecule has 0 radical (unpaired) electrons. The van der Waals surface area contributed by atoms with E-state index in [0.717, 1.165) is 5.92 Å². The lowest BCUT2D eigenvalue weighted by atomic mass is 9.74. The molecule has 2 fully saturated rings. The SMILES string of the molecule is CCC1(CC)CCN(CC2CCCNC2)CC1.Cl. The fourth-order valence-corrected chi connectivity index (χ4v) is 3.61. The van der Waals surface area contributed by atoms with Crippen molar-refractivity contribution in [2.75, 3.05) is 32.7 Å². The number of likely N-dealkylation sites (tertiary alicyclic amines) is 1. The first-order valence-electron chi connectivity index (χ1n) is 7.71. The zero-order valence-corrected chi connectivity index (χ0v) is 13.0. The molecule has 2 aliphatic rings. The van der Waals surface area contributed by atoms with Crippen molar-refractivity contribution in [1.29, 1.82) is 0 Å². The van der Waals surface area contributed by atoms with Gasteiger partial charge in [0, 0.05) is 6.54 Å². The molecule has 0 saturated carbocycles. The molecule has 0 spiro atoms. The topological polar surface area (TPSA) is 15.3 Å². The van der Waals surface area contributed by atoms with E-state index in [0.29, 0.717) is 5.41 Å². The average Bonchev–Trinajstić information content (AvgIpc) is 2.41. The van der Waals surface area contributed by atoms with Crippen LogP contribution in [0, 0.1) is 11.3 Å². The maximum Gasteiger partial charge on any atom is 0.00218 e. The molecule has 0 aromatic rings. The Hall–Kier alpha value is 0.210. The summed E-state index contributed by atoms with van der Waals surface area (Å²) < 4.78 is 0. The van der Waals surface area contributed by atoms with Crippen molar-refractivity contribution in [2.45, 2.75) is 52.4 Å². The van der Waals surface area contributed by atoms with Crippen LogP contribution >= 0.6 is 12.4 Å². The fourth-order valence-electron chi connectivity index (χ4n) is 3.61. The molecule has 0 aliphatic carbocycles. The predicted molar refractivity (Wildman–Crippen MR) is 81.5 cm³/mol. The zero-order valence-electron chi connectivity index (χ0n) is 12.2. The van der Waals surface area contributed by atoms with E-state index in [-0.39, 0.29) is 12.4 Å². The molecule has 1 N–H and O–H groups in total. The molecule has 3 heteroatoms. The molecule has 1 unspecified atom stereocenters. The number of rotatable bonds is 4. The van der Waals surface area contributed by atoms with Crippen LogP contribution in [-0.2, 0) is 0 Å². The van der Waals surface area contributed by atoms with Crippen molar-refractivity contribution in [2.24, 2.45) is 11.3 Å². The smallest absolute Gasteiger partial charge is 0.00218 e. The highest BCUT2D eigenvalue weighted by Gasteiger charge is 2.31. The molecule has 0 amide bonds. The van der Waals surface area contributed by atoms with Crippen molar-refractivity contribution >= 4 is 12.4 Å². The van der Waals surface area contributed by atoms with E-state index in [9.17, 15) is 0 Å². The van der Waals surface area contributed by atoms with Crippen LogP contribution in [-0.4, -0.2) is 37.6 Å². The van der Waals surface area contributed by atoms with E-state index in [1.807, 2.05) is 0 Å². The molecular weight excluding hydrogens is 244 g/mol. The van der Waals surface area contributed by atoms with E-state index >= 15 is 0 Å². The number of nitrogens with zero attached hydrogens (tertiary/aromatic N) is 1. The first-order chi connectivity index (χ1) is 8.28. The van der Waals surface area contributed by atoms with Crippen LogP contribution in [0.2, 0.25) is 0 Å². The molecular formula is C15H31ClN2. The second-order valence-corrected chi connectivity index (χ2v) is 6.22. The predicted octanol–water partition coefficient (Wildman–Crippen LogP) is 3.31. The Morgan fingerprint density at radius 2 is 1.83 bits per heavy atom. The Morgan fingerprint density at radius 1 is 1.17 bits per heavy atom. The van der Waals surface area contributed by atoms with Crippen molar-refractivity contribution in [1.82, 2.24) is 10.2 Å². The molecule has 108 valence electrons. The summed E-state index contributed by atoms with van der Waals surface area (Å²) in [5, 5.41) is 3.54. The van der Waals surface area contributed by atoms with Gasteiger partial charge in [-0.25, -0.2) is 0 Å². The van der Waals surface area contributed by atoms with E-state index in [2.05, 4.69) is 24.1 Å². The van der Waals surface area contributed by atoms with Crippen molar-refractivity contribution in [3.63, 3.8) is 0 Å². The lowest BCUT2D eigenvalue weighted by Gasteiger charge is -2.42. The second kappa shape index (κ2) is 7.72. The third kappa shape index (κ3) is 4.11. The van der Waals surface area contributed by atoms with Crippen LogP contribution < -0.4 is 5.32 Å². The highest BCUT2D eigenvalue weighted by Crippen LogP contribution is 2.38. The molecule has 2 rings (SSSR count). The molecule has 2 aliphatic heterocycles. The molecule has 0 bridgehead atoms.